The average molecular weight is 777 g/mol. The summed E-state index contributed by atoms with van der Waals surface area (Å²) in [7, 11) is 0. The van der Waals surface area contributed by atoms with Crippen molar-refractivity contribution in [3.8, 4) is 56.0 Å². The molecule has 4 heteroatoms. The minimum absolute atomic E-state index is 0.0366. The van der Waals surface area contributed by atoms with E-state index in [0.29, 0.717) is 5.82 Å². The molecule has 1 fully saturated rings. The van der Waals surface area contributed by atoms with Gasteiger partial charge in [0.2, 0.25) is 0 Å². The number of hydrogen-bond donors (Lipinski definition) is 0. The molecule has 13 rings (SSSR count). The van der Waals surface area contributed by atoms with Crippen molar-refractivity contribution in [2.45, 2.75) is 56.8 Å². The minimum Gasteiger partial charge on any atom is -0.455 e. The number of para-hydroxylation sites is 1. The molecule has 3 aromatic heterocycles. The Bertz CT molecular complexity index is 3400. The highest BCUT2D eigenvalue weighted by atomic mass is 32.1. The van der Waals surface area contributed by atoms with Gasteiger partial charge in [-0.15, -0.1) is 11.3 Å². The van der Waals surface area contributed by atoms with Gasteiger partial charge in [0.25, 0.3) is 0 Å². The summed E-state index contributed by atoms with van der Waals surface area (Å²) in [6.45, 7) is 4.80. The van der Waals surface area contributed by atoms with Crippen molar-refractivity contribution in [1.82, 2.24) is 9.97 Å². The monoisotopic (exact) mass is 776 g/mol. The van der Waals surface area contributed by atoms with Crippen LogP contribution in [-0.2, 0) is 10.8 Å². The summed E-state index contributed by atoms with van der Waals surface area (Å²) in [5, 5.41) is 4.47. The number of hydrogen-bond acceptors (Lipinski definition) is 4. The number of benzene rings is 7. The van der Waals surface area contributed by atoms with Crippen LogP contribution in [0.2, 0.25) is 0 Å². The van der Waals surface area contributed by atoms with Crippen molar-refractivity contribution in [2.24, 2.45) is 0 Å². The van der Waals surface area contributed by atoms with Gasteiger partial charge in [-0.2, -0.15) is 0 Å². The van der Waals surface area contributed by atoms with Gasteiger partial charge in [0, 0.05) is 42.6 Å². The molecule has 59 heavy (non-hydrogen) atoms. The van der Waals surface area contributed by atoms with Crippen LogP contribution >= 0.6 is 11.3 Å². The fraction of sp³-hybridized carbons (Fsp3) is 0.164. The first kappa shape index (κ1) is 33.6. The van der Waals surface area contributed by atoms with Gasteiger partial charge in [0.05, 0.1) is 11.3 Å². The number of fused-ring (bicyclic) bond motifs is 14. The summed E-state index contributed by atoms with van der Waals surface area (Å²) in [6.07, 6.45) is 6.33. The summed E-state index contributed by atoms with van der Waals surface area (Å²) >= 11 is 1.72. The molecule has 7 aromatic carbocycles. The lowest BCUT2D eigenvalue weighted by molar-refractivity contribution is 0.353. The zero-order chi connectivity index (χ0) is 39.0. The first-order chi connectivity index (χ1) is 29.0. The molecule has 0 radical (unpaired) electrons. The van der Waals surface area contributed by atoms with Crippen LogP contribution in [0.5, 0.6) is 0 Å². The molecule has 0 bridgehead atoms. The molecule has 1 saturated carbocycles. The number of aromatic nitrogens is 2. The van der Waals surface area contributed by atoms with Gasteiger partial charge in [-0.25, -0.2) is 9.97 Å². The zero-order valence-electron chi connectivity index (χ0n) is 33.1. The normalized spacial score (nSPS) is 15.9. The van der Waals surface area contributed by atoms with Gasteiger partial charge in [0.1, 0.15) is 16.0 Å². The van der Waals surface area contributed by atoms with E-state index in [9.17, 15) is 0 Å². The molecule has 0 unspecified atom stereocenters. The van der Waals surface area contributed by atoms with Crippen molar-refractivity contribution in [3.05, 3.63) is 168 Å². The van der Waals surface area contributed by atoms with Crippen LogP contribution in [0.3, 0.4) is 0 Å². The molecule has 3 heterocycles. The maximum Gasteiger partial charge on any atom is 0.165 e. The van der Waals surface area contributed by atoms with Gasteiger partial charge in [-0.1, -0.05) is 136 Å². The van der Waals surface area contributed by atoms with E-state index in [1.807, 2.05) is 0 Å². The molecule has 3 aliphatic rings. The minimum atomic E-state index is -0.0366. The van der Waals surface area contributed by atoms with Crippen LogP contribution in [0.1, 0.15) is 68.2 Å². The molecule has 282 valence electrons. The third-order valence-corrected chi connectivity index (χ3v) is 15.2. The highest BCUT2D eigenvalue weighted by Gasteiger charge is 2.46. The summed E-state index contributed by atoms with van der Waals surface area (Å²) in [4.78, 5) is 11.5. The van der Waals surface area contributed by atoms with E-state index in [1.165, 1.54) is 92.3 Å². The molecule has 0 saturated heterocycles. The molecular weight excluding hydrogens is 737 g/mol. The molecule has 0 atom stereocenters. The molecule has 0 N–H and O–H groups in total. The van der Waals surface area contributed by atoms with E-state index in [0.717, 1.165) is 49.0 Å². The average Bonchev–Trinajstić information content (AvgIpc) is 3.99. The molecule has 3 nitrogen and oxygen atoms in total. The van der Waals surface area contributed by atoms with Crippen LogP contribution in [0.4, 0.5) is 0 Å². The standard InChI is InChI=1S/C55H40N2OS/c1-54(2)43-20-9-7-16-35(43)40-31-46-41(30-45(40)54)39-28-33(22-24-44(39)55(46)26-11-4-12-27-55)34-23-25-47-42(29-34)36-18-13-19-38(51(36)58-47)52-56-50(32-14-5-3-6-15-32)49-37-17-8-10-21-48(37)59-53(49)57-52/h3,5-10,13-25,28-31H,4,11-12,26-27H2,1-2H3. The lowest BCUT2D eigenvalue weighted by Gasteiger charge is -2.36. The van der Waals surface area contributed by atoms with E-state index in [4.69, 9.17) is 14.4 Å². The number of furan rings is 1. The molecule has 0 amide bonds. The lowest BCUT2D eigenvalue weighted by atomic mass is 9.67. The van der Waals surface area contributed by atoms with E-state index in [-0.39, 0.29) is 10.8 Å². The van der Waals surface area contributed by atoms with Crippen LogP contribution in [0, 0.1) is 0 Å². The summed E-state index contributed by atoms with van der Waals surface area (Å²) in [5.74, 6) is 0.680. The van der Waals surface area contributed by atoms with Crippen LogP contribution in [-0.4, -0.2) is 9.97 Å². The van der Waals surface area contributed by atoms with Crippen molar-refractivity contribution in [2.75, 3.05) is 0 Å². The summed E-state index contributed by atoms with van der Waals surface area (Å²) in [5.41, 5.74) is 18.8. The van der Waals surface area contributed by atoms with Crippen molar-refractivity contribution >= 4 is 53.6 Å². The number of rotatable bonds is 3. The van der Waals surface area contributed by atoms with Crippen LogP contribution < -0.4 is 0 Å². The maximum absolute atomic E-state index is 6.75. The first-order valence-electron chi connectivity index (χ1n) is 21.1. The Morgan fingerprint density at radius 3 is 2.12 bits per heavy atom. The van der Waals surface area contributed by atoms with E-state index in [2.05, 4.69) is 159 Å². The topological polar surface area (TPSA) is 38.9 Å². The quantitative estimate of drug-likeness (QED) is 0.179. The van der Waals surface area contributed by atoms with Gasteiger partial charge >= 0.3 is 0 Å². The second-order valence-corrected chi connectivity index (χ2v) is 18.6. The Morgan fingerprint density at radius 2 is 1.22 bits per heavy atom. The summed E-state index contributed by atoms with van der Waals surface area (Å²) in [6, 6.07) is 53.7. The van der Waals surface area contributed by atoms with E-state index in [1.54, 1.807) is 16.9 Å². The molecular formula is C55H40N2OS. The predicted octanol–water partition coefficient (Wildman–Crippen LogP) is 15.3. The zero-order valence-corrected chi connectivity index (χ0v) is 33.9. The maximum atomic E-state index is 6.75. The van der Waals surface area contributed by atoms with Crippen LogP contribution in [0.15, 0.2) is 150 Å². The second-order valence-electron chi connectivity index (χ2n) is 17.6. The SMILES string of the molecule is CC1(C)c2ccccc2-c2cc3c(cc21)-c1cc(-c2ccc4oc5c(-c6nc(-c7ccccc7)c7c(n6)sc6ccccc67)cccc5c4c2)ccc1C31CCCCC1. The van der Waals surface area contributed by atoms with Gasteiger partial charge < -0.3 is 4.42 Å². The Hall–Kier alpha value is -6.36. The Morgan fingerprint density at radius 1 is 0.508 bits per heavy atom. The lowest BCUT2D eigenvalue weighted by Crippen LogP contribution is -2.28. The van der Waals surface area contributed by atoms with Gasteiger partial charge in [-0.05, 0) is 111 Å². The molecule has 1 spiro atoms. The van der Waals surface area contributed by atoms with Gasteiger partial charge in [0.15, 0.2) is 5.82 Å². The fourth-order valence-corrected chi connectivity index (χ4v) is 12.3. The number of thiophene rings is 1. The predicted molar refractivity (Wildman–Crippen MR) is 245 cm³/mol. The van der Waals surface area contributed by atoms with Crippen molar-refractivity contribution in [1.29, 1.82) is 0 Å². The van der Waals surface area contributed by atoms with Crippen LogP contribution in [0.25, 0.3) is 98.3 Å². The fourth-order valence-electron chi connectivity index (χ4n) is 11.3. The summed E-state index contributed by atoms with van der Waals surface area (Å²) < 4.78 is 7.96. The highest BCUT2D eigenvalue weighted by molar-refractivity contribution is 7.25. The third kappa shape index (κ3) is 4.64. The molecule has 10 aromatic rings. The first-order valence-corrected chi connectivity index (χ1v) is 21.9. The van der Waals surface area contributed by atoms with Gasteiger partial charge in [-0.3, -0.25) is 0 Å². The molecule has 3 aliphatic carbocycles. The van der Waals surface area contributed by atoms with Crippen molar-refractivity contribution in [3.63, 3.8) is 0 Å². The number of nitrogens with zero attached hydrogens (tertiary/aromatic N) is 2. The highest BCUT2D eigenvalue weighted by Crippen LogP contribution is 2.60. The van der Waals surface area contributed by atoms with Crippen molar-refractivity contribution < 1.29 is 4.42 Å². The molecule has 0 aliphatic heterocycles. The largest absolute Gasteiger partial charge is 0.455 e. The third-order valence-electron chi connectivity index (χ3n) is 14.1. The Kier molecular flexibility index (Phi) is 6.89. The Balaban J connectivity index is 0.958. The van der Waals surface area contributed by atoms with E-state index >= 15 is 0 Å². The smallest absolute Gasteiger partial charge is 0.165 e. The van der Waals surface area contributed by atoms with E-state index < -0.39 is 0 Å². The Labute approximate surface area is 347 Å². The second kappa shape index (κ2) is 12.1.